The molecule has 0 atom stereocenters. The fraction of sp³-hybridized carbons (Fsp3) is 0.474. The maximum atomic E-state index is 13.3. The predicted molar refractivity (Wildman–Crippen MR) is 105 cm³/mol. The van der Waals surface area contributed by atoms with E-state index in [4.69, 9.17) is 12.2 Å². The fourth-order valence-electron chi connectivity index (χ4n) is 3.18. The van der Waals surface area contributed by atoms with E-state index in [1.165, 1.54) is 11.6 Å². The summed E-state index contributed by atoms with van der Waals surface area (Å²) in [5.74, 6) is -0.173. The van der Waals surface area contributed by atoms with Gasteiger partial charge in [0.05, 0.1) is 5.69 Å². The number of hydrogen-bond acceptors (Lipinski definition) is 3. The minimum atomic E-state index is -0.173. The molecule has 140 valence electrons. The summed E-state index contributed by atoms with van der Waals surface area (Å²) >= 11 is 5.56. The number of halogens is 1. The number of nitrogens with one attached hydrogen (secondary N) is 1. The molecular formula is C19H26FN5S. The molecule has 5 nitrogen and oxygen atoms in total. The molecule has 0 unspecified atom stereocenters. The van der Waals surface area contributed by atoms with Crippen molar-refractivity contribution in [1.29, 1.82) is 0 Å². The number of rotatable bonds is 5. The molecule has 0 saturated carbocycles. The SMILES string of the molecule is CCn1cc(CNC(=S)N2CCN(Cc3cccc(F)c3)CC2)c(C)n1. The fourth-order valence-corrected chi connectivity index (χ4v) is 3.43. The third kappa shape index (κ3) is 4.80. The molecule has 1 aromatic carbocycles. The maximum Gasteiger partial charge on any atom is 0.169 e. The van der Waals surface area contributed by atoms with E-state index >= 15 is 0 Å². The maximum absolute atomic E-state index is 13.3. The van der Waals surface area contributed by atoms with Crippen LogP contribution in [0, 0.1) is 12.7 Å². The van der Waals surface area contributed by atoms with Crippen LogP contribution in [0.2, 0.25) is 0 Å². The minimum absolute atomic E-state index is 0.173. The van der Waals surface area contributed by atoms with Crippen LogP contribution in [0.1, 0.15) is 23.7 Å². The Labute approximate surface area is 159 Å². The lowest BCUT2D eigenvalue weighted by Crippen LogP contribution is -2.51. The van der Waals surface area contributed by atoms with Gasteiger partial charge in [-0.3, -0.25) is 9.58 Å². The molecule has 0 amide bonds. The molecule has 2 heterocycles. The Hall–Kier alpha value is -1.99. The molecule has 1 aromatic heterocycles. The second-order valence-corrected chi connectivity index (χ2v) is 7.03. The van der Waals surface area contributed by atoms with Crippen molar-refractivity contribution in [3.63, 3.8) is 0 Å². The minimum Gasteiger partial charge on any atom is -0.358 e. The molecule has 26 heavy (non-hydrogen) atoms. The van der Waals surface area contributed by atoms with Crippen LogP contribution in [0.15, 0.2) is 30.5 Å². The number of nitrogens with zero attached hydrogens (tertiary/aromatic N) is 4. The van der Waals surface area contributed by atoms with E-state index in [1.807, 2.05) is 17.7 Å². The van der Waals surface area contributed by atoms with Crippen molar-refractivity contribution >= 4 is 17.3 Å². The number of piperazine rings is 1. The van der Waals surface area contributed by atoms with Crippen molar-refractivity contribution in [2.75, 3.05) is 26.2 Å². The highest BCUT2D eigenvalue weighted by atomic mass is 32.1. The standard InChI is InChI=1S/C19H26FN5S/c1-3-25-14-17(15(2)22-25)12-21-19(26)24-9-7-23(8-10-24)13-16-5-4-6-18(20)11-16/h4-6,11,14H,3,7-10,12-13H2,1-2H3,(H,21,26). The van der Waals surface area contributed by atoms with Crippen LogP contribution in [-0.4, -0.2) is 50.9 Å². The van der Waals surface area contributed by atoms with Gasteiger partial charge in [0.15, 0.2) is 5.11 Å². The van der Waals surface area contributed by atoms with Crippen molar-refractivity contribution < 1.29 is 4.39 Å². The molecular weight excluding hydrogens is 349 g/mol. The van der Waals surface area contributed by atoms with Gasteiger partial charge in [-0.25, -0.2) is 4.39 Å². The number of hydrogen-bond donors (Lipinski definition) is 1. The largest absolute Gasteiger partial charge is 0.358 e. The van der Waals surface area contributed by atoms with Gasteiger partial charge < -0.3 is 10.2 Å². The summed E-state index contributed by atoms with van der Waals surface area (Å²) in [5, 5.41) is 8.61. The van der Waals surface area contributed by atoms with Crippen LogP contribution in [0.5, 0.6) is 0 Å². The van der Waals surface area contributed by atoms with Crippen LogP contribution in [0.25, 0.3) is 0 Å². The number of aryl methyl sites for hydroxylation is 2. The second kappa shape index (κ2) is 8.60. The van der Waals surface area contributed by atoms with Crippen LogP contribution < -0.4 is 5.32 Å². The zero-order chi connectivity index (χ0) is 18.5. The van der Waals surface area contributed by atoms with Crippen molar-refractivity contribution in [1.82, 2.24) is 24.9 Å². The summed E-state index contributed by atoms with van der Waals surface area (Å²) in [6, 6.07) is 6.83. The lowest BCUT2D eigenvalue weighted by Gasteiger charge is -2.36. The first kappa shape index (κ1) is 18.8. The highest BCUT2D eigenvalue weighted by Crippen LogP contribution is 2.11. The Bertz CT molecular complexity index is 752. The number of thiocarbonyl (C=S) groups is 1. The lowest BCUT2D eigenvalue weighted by atomic mass is 10.2. The number of benzene rings is 1. The average molecular weight is 376 g/mol. The molecule has 7 heteroatoms. The summed E-state index contributed by atoms with van der Waals surface area (Å²) in [7, 11) is 0. The van der Waals surface area contributed by atoms with Crippen molar-refractivity contribution in [2.24, 2.45) is 0 Å². The summed E-state index contributed by atoms with van der Waals surface area (Å²) in [6.07, 6.45) is 2.07. The first-order valence-corrected chi connectivity index (χ1v) is 9.48. The quantitative estimate of drug-likeness (QED) is 0.813. The van der Waals surface area contributed by atoms with E-state index in [1.54, 1.807) is 12.1 Å². The van der Waals surface area contributed by atoms with Gasteiger partial charge in [0.25, 0.3) is 0 Å². The van der Waals surface area contributed by atoms with E-state index in [-0.39, 0.29) is 5.82 Å². The average Bonchev–Trinajstić information content (AvgIpc) is 3.00. The Morgan fingerprint density at radius 3 is 2.69 bits per heavy atom. The van der Waals surface area contributed by atoms with Gasteiger partial charge in [-0.15, -0.1) is 0 Å². The molecule has 1 saturated heterocycles. The third-order valence-electron chi connectivity index (χ3n) is 4.76. The van der Waals surface area contributed by atoms with E-state index in [9.17, 15) is 4.39 Å². The van der Waals surface area contributed by atoms with E-state index in [0.717, 1.165) is 55.6 Å². The van der Waals surface area contributed by atoms with E-state index < -0.39 is 0 Å². The van der Waals surface area contributed by atoms with Gasteiger partial charge in [-0.1, -0.05) is 12.1 Å². The predicted octanol–water partition coefficient (Wildman–Crippen LogP) is 2.54. The van der Waals surface area contributed by atoms with E-state index in [0.29, 0.717) is 6.54 Å². The van der Waals surface area contributed by atoms with Crippen molar-refractivity contribution in [3.8, 4) is 0 Å². The van der Waals surface area contributed by atoms with Crippen LogP contribution >= 0.6 is 12.2 Å². The molecule has 3 rings (SSSR count). The van der Waals surface area contributed by atoms with Gasteiger partial charge in [0.1, 0.15) is 5.82 Å². The van der Waals surface area contributed by atoms with Gasteiger partial charge in [-0.05, 0) is 43.8 Å². The molecule has 0 spiro atoms. The lowest BCUT2D eigenvalue weighted by molar-refractivity contribution is 0.174. The summed E-state index contributed by atoms with van der Waals surface area (Å²) in [5.41, 5.74) is 3.24. The Balaban J connectivity index is 1.45. The van der Waals surface area contributed by atoms with Crippen LogP contribution in [0.4, 0.5) is 4.39 Å². The molecule has 0 bridgehead atoms. The van der Waals surface area contributed by atoms with Crippen molar-refractivity contribution in [2.45, 2.75) is 33.5 Å². The van der Waals surface area contributed by atoms with Gasteiger partial charge in [-0.2, -0.15) is 5.10 Å². The molecule has 1 aliphatic heterocycles. The third-order valence-corrected chi connectivity index (χ3v) is 5.16. The summed E-state index contributed by atoms with van der Waals surface area (Å²) in [6.45, 7) is 10.1. The highest BCUT2D eigenvalue weighted by molar-refractivity contribution is 7.80. The second-order valence-electron chi connectivity index (χ2n) is 6.65. The monoisotopic (exact) mass is 375 g/mol. The first-order valence-electron chi connectivity index (χ1n) is 9.07. The van der Waals surface area contributed by atoms with Gasteiger partial charge in [0, 0.05) is 57.6 Å². The van der Waals surface area contributed by atoms with Gasteiger partial charge in [0.2, 0.25) is 0 Å². The van der Waals surface area contributed by atoms with Gasteiger partial charge >= 0.3 is 0 Å². The zero-order valence-electron chi connectivity index (χ0n) is 15.4. The topological polar surface area (TPSA) is 36.3 Å². The normalized spacial score (nSPS) is 15.3. The Morgan fingerprint density at radius 2 is 2.04 bits per heavy atom. The van der Waals surface area contributed by atoms with E-state index in [2.05, 4.69) is 33.3 Å². The summed E-state index contributed by atoms with van der Waals surface area (Å²) in [4.78, 5) is 4.54. The van der Waals surface area contributed by atoms with Crippen molar-refractivity contribution in [3.05, 3.63) is 53.1 Å². The smallest absolute Gasteiger partial charge is 0.169 e. The Morgan fingerprint density at radius 1 is 1.27 bits per heavy atom. The molecule has 1 fully saturated rings. The molecule has 1 aliphatic rings. The molecule has 0 radical (unpaired) electrons. The number of aromatic nitrogens is 2. The highest BCUT2D eigenvalue weighted by Gasteiger charge is 2.19. The summed E-state index contributed by atoms with van der Waals surface area (Å²) < 4.78 is 15.3. The van der Waals surface area contributed by atoms with Crippen LogP contribution in [-0.2, 0) is 19.6 Å². The molecule has 1 N–H and O–H groups in total. The molecule has 0 aliphatic carbocycles. The molecule has 2 aromatic rings. The van der Waals surface area contributed by atoms with Crippen LogP contribution in [0.3, 0.4) is 0 Å². The zero-order valence-corrected chi connectivity index (χ0v) is 16.2. The first-order chi connectivity index (χ1) is 12.5. The Kier molecular flexibility index (Phi) is 6.21.